The molecule has 0 heterocycles. The summed E-state index contributed by atoms with van der Waals surface area (Å²) in [6.45, 7) is 0.358. The second-order valence-electron chi connectivity index (χ2n) is 6.00. The lowest BCUT2D eigenvalue weighted by molar-refractivity contribution is -0.122. The summed E-state index contributed by atoms with van der Waals surface area (Å²) in [5, 5.41) is 2.84. The van der Waals surface area contributed by atoms with Crippen molar-refractivity contribution in [2.75, 3.05) is 6.54 Å². The van der Waals surface area contributed by atoms with E-state index in [0.29, 0.717) is 30.9 Å². The third kappa shape index (κ3) is 5.16. The van der Waals surface area contributed by atoms with Crippen LogP contribution < -0.4 is 5.32 Å². The van der Waals surface area contributed by atoms with Crippen LogP contribution in [0.1, 0.15) is 44.1 Å². The first kappa shape index (κ1) is 17.7. The highest BCUT2D eigenvalue weighted by Gasteiger charge is 2.19. The van der Waals surface area contributed by atoms with E-state index in [9.17, 15) is 18.0 Å². The summed E-state index contributed by atoms with van der Waals surface area (Å²) in [4.78, 5) is 22.5. The van der Waals surface area contributed by atoms with Gasteiger partial charge in [-0.3, -0.25) is 9.59 Å². The Morgan fingerprint density at radius 3 is 2.57 bits per heavy atom. The van der Waals surface area contributed by atoms with Crippen molar-refractivity contribution in [2.45, 2.75) is 49.8 Å². The molecule has 1 aliphatic carbocycles. The lowest BCUT2D eigenvalue weighted by atomic mass is 9.87. The number of sulfone groups is 1. The summed E-state index contributed by atoms with van der Waals surface area (Å²) in [7, 11) is -4.02. The quantitative estimate of drug-likeness (QED) is 0.827. The molecule has 1 aliphatic rings. The molecule has 0 aromatic heterocycles. The summed E-state index contributed by atoms with van der Waals surface area (Å²) in [5.41, 5.74) is 1.61. The molecule has 1 N–H and O–H groups in total. The third-order valence-corrected chi connectivity index (χ3v) is 5.48. The molecule has 0 saturated heterocycles. The van der Waals surface area contributed by atoms with E-state index < -0.39 is 9.84 Å². The van der Waals surface area contributed by atoms with Crippen LogP contribution in [0.3, 0.4) is 0 Å². The highest BCUT2D eigenvalue weighted by molar-refractivity contribution is 8.04. The van der Waals surface area contributed by atoms with Crippen LogP contribution in [0.25, 0.3) is 0 Å². The average Bonchev–Trinajstić information content (AvgIpc) is 2.56. The van der Waals surface area contributed by atoms with Crippen LogP contribution >= 0.6 is 0 Å². The van der Waals surface area contributed by atoms with Gasteiger partial charge in [-0.1, -0.05) is 37.5 Å². The van der Waals surface area contributed by atoms with Crippen LogP contribution in [-0.2, 0) is 25.8 Å². The van der Waals surface area contributed by atoms with Crippen molar-refractivity contribution in [2.24, 2.45) is 5.92 Å². The molecule has 0 aliphatic heterocycles. The van der Waals surface area contributed by atoms with Gasteiger partial charge in [-0.05, 0) is 36.8 Å². The topological polar surface area (TPSA) is 80.3 Å². The average molecular weight is 336 g/mol. The van der Waals surface area contributed by atoms with Gasteiger partial charge in [-0.25, -0.2) is 8.42 Å². The van der Waals surface area contributed by atoms with Crippen molar-refractivity contribution in [1.29, 1.82) is 0 Å². The maximum atomic E-state index is 11.9. The number of carbonyl (C=O) groups excluding carboxylic acids is 2. The second kappa shape index (κ2) is 8.24. The lowest BCUT2D eigenvalue weighted by Gasteiger charge is -2.20. The summed E-state index contributed by atoms with van der Waals surface area (Å²) < 4.78 is 23.3. The predicted molar refractivity (Wildman–Crippen MR) is 87.2 cm³/mol. The van der Waals surface area contributed by atoms with Crippen molar-refractivity contribution in [3.8, 4) is 0 Å². The van der Waals surface area contributed by atoms with E-state index in [1.165, 1.54) is 25.3 Å². The molecular weight excluding hydrogens is 314 g/mol. The first-order valence-electron chi connectivity index (χ1n) is 8.01. The highest BCUT2D eigenvalue weighted by Crippen LogP contribution is 2.26. The van der Waals surface area contributed by atoms with Crippen molar-refractivity contribution < 1.29 is 18.0 Å². The molecule has 1 aromatic rings. The van der Waals surface area contributed by atoms with Crippen LogP contribution in [0.5, 0.6) is 0 Å². The van der Waals surface area contributed by atoms with Gasteiger partial charge in [-0.15, -0.1) is 0 Å². The zero-order chi connectivity index (χ0) is 16.7. The SMILES string of the molecule is O=[C]S(=O)(=O)c1ccccc1CCNC(=O)CC1CCCCC1. The monoisotopic (exact) mass is 336 g/mol. The molecule has 0 unspecified atom stereocenters. The number of hydrogen-bond donors (Lipinski definition) is 1. The Morgan fingerprint density at radius 2 is 1.87 bits per heavy atom. The minimum absolute atomic E-state index is 0.0131. The zero-order valence-corrected chi connectivity index (χ0v) is 13.9. The molecule has 0 spiro atoms. The smallest absolute Gasteiger partial charge is 0.333 e. The summed E-state index contributed by atoms with van der Waals surface area (Å²) in [6.07, 6.45) is 6.80. The van der Waals surface area contributed by atoms with Crippen molar-refractivity contribution in [3.05, 3.63) is 29.8 Å². The number of hydrogen-bond acceptors (Lipinski definition) is 4. The van der Waals surface area contributed by atoms with Crippen LogP contribution in [0.4, 0.5) is 0 Å². The van der Waals surface area contributed by atoms with E-state index in [2.05, 4.69) is 5.32 Å². The number of rotatable bonds is 7. The molecule has 1 radical (unpaired) electrons. The number of benzene rings is 1. The van der Waals surface area contributed by atoms with E-state index in [1.807, 2.05) is 0 Å². The van der Waals surface area contributed by atoms with Crippen LogP contribution in [-0.4, -0.2) is 26.5 Å². The Morgan fingerprint density at radius 1 is 1.17 bits per heavy atom. The maximum absolute atomic E-state index is 11.9. The van der Waals surface area contributed by atoms with Gasteiger partial charge in [-0.2, -0.15) is 0 Å². The van der Waals surface area contributed by atoms with E-state index in [1.54, 1.807) is 18.2 Å². The van der Waals surface area contributed by atoms with Crippen LogP contribution in [0.15, 0.2) is 29.2 Å². The second-order valence-corrected chi connectivity index (χ2v) is 7.62. The molecule has 0 atom stereocenters. The van der Waals surface area contributed by atoms with Crippen LogP contribution in [0.2, 0.25) is 0 Å². The van der Waals surface area contributed by atoms with Gasteiger partial charge in [0.1, 0.15) is 0 Å². The van der Waals surface area contributed by atoms with E-state index in [-0.39, 0.29) is 10.8 Å². The van der Waals surface area contributed by atoms with E-state index in [0.717, 1.165) is 18.5 Å². The van der Waals surface area contributed by atoms with Crippen molar-refractivity contribution in [1.82, 2.24) is 5.32 Å². The van der Waals surface area contributed by atoms with Gasteiger partial charge in [0.15, 0.2) is 0 Å². The molecule has 125 valence electrons. The van der Waals surface area contributed by atoms with Gasteiger partial charge < -0.3 is 5.32 Å². The van der Waals surface area contributed by atoms with E-state index >= 15 is 0 Å². The van der Waals surface area contributed by atoms with Gasteiger partial charge in [0.2, 0.25) is 15.7 Å². The highest BCUT2D eigenvalue weighted by atomic mass is 32.2. The Balaban J connectivity index is 1.86. The number of carbonyl (C=O) groups is 1. The first-order chi connectivity index (χ1) is 11.0. The molecule has 2 rings (SSSR count). The molecule has 23 heavy (non-hydrogen) atoms. The largest absolute Gasteiger partial charge is 0.356 e. The minimum atomic E-state index is -4.02. The molecule has 6 heteroatoms. The van der Waals surface area contributed by atoms with Crippen LogP contribution in [0, 0.1) is 5.92 Å². The van der Waals surface area contributed by atoms with Crippen molar-refractivity contribution >= 4 is 21.4 Å². The maximum Gasteiger partial charge on any atom is 0.333 e. The van der Waals surface area contributed by atoms with Gasteiger partial charge in [0.05, 0.1) is 4.90 Å². The fourth-order valence-corrected chi connectivity index (χ4v) is 3.94. The molecule has 1 saturated carbocycles. The third-order valence-electron chi connectivity index (χ3n) is 4.29. The molecule has 0 bridgehead atoms. The number of amides is 1. The standard InChI is InChI=1S/C17H22NO4S/c19-13-23(21,22)16-9-5-4-8-15(16)10-11-18-17(20)12-14-6-2-1-3-7-14/h4-5,8-9,14H,1-3,6-7,10-12H2,(H,18,20). The Labute approximate surface area is 137 Å². The molecule has 1 amide bonds. The summed E-state index contributed by atoms with van der Waals surface area (Å²) in [6, 6.07) is 6.31. The van der Waals surface area contributed by atoms with Crippen molar-refractivity contribution in [3.63, 3.8) is 0 Å². The van der Waals surface area contributed by atoms with Gasteiger partial charge >= 0.3 is 5.62 Å². The lowest BCUT2D eigenvalue weighted by Crippen LogP contribution is -2.28. The first-order valence-corrected chi connectivity index (χ1v) is 9.50. The van der Waals surface area contributed by atoms with Gasteiger partial charge in [0.25, 0.3) is 0 Å². The molecule has 1 aromatic carbocycles. The summed E-state index contributed by atoms with van der Waals surface area (Å²) in [5.74, 6) is 0.486. The van der Waals surface area contributed by atoms with Gasteiger partial charge in [0, 0.05) is 13.0 Å². The molecule has 5 nitrogen and oxygen atoms in total. The Hall–Kier alpha value is -1.69. The van der Waals surface area contributed by atoms with E-state index in [4.69, 9.17) is 0 Å². The minimum Gasteiger partial charge on any atom is -0.356 e. The zero-order valence-electron chi connectivity index (χ0n) is 13.1. The normalized spacial score (nSPS) is 16.0. The summed E-state index contributed by atoms with van der Waals surface area (Å²) >= 11 is 0. The Bertz CT molecular complexity index is 648. The number of nitrogens with one attached hydrogen (secondary N) is 1. The fourth-order valence-electron chi connectivity index (χ4n) is 3.08. The predicted octanol–water partition coefficient (Wildman–Crippen LogP) is 2.16. The fraction of sp³-hybridized carbons (Fsp3) is 0.529. The molecular formula is C17H22NO4S. The molecule has 1 fully saturated rings. The Kier molecular flexibility index (Phi) is 6.33.